The van der Waals surface area contributed by atoms with Crippen LogP contribution in [0.2, 0.25) is 0 Å². The van der Waals surface area contributed by atoms with Crippen LogP contribution in [0, 0.1) is 0 Å². The topological polar surface area (TPSA) is 32.8 Å². The molecule has 2 aliphatic rings. The lowest BCUT2D eigenvalue weighted by Gasteiger charge is -2.30. The summed E-state index contributed by atoms with van der Waals surface area (Å²) in [7, 11) is 1.65. The van der Waals surface area contributed by atoms with Crippen LogP contribution in [0.4, 0.5) is 5.69 Å². The summed E-state index contributed by atoms with van der Waals surface area (Å²) in [5.41, 5.74) is 2.03. The van der Waals surface area contributed by atoms with Gasteiger partial charge in [-0.05, 0) is 42.7 Å². The van der Waals surface area contributed by atoms with E-state index < -0.39 is 0 Å². The predicted octanol–water partition coefficient (Wildman–Crippen LogP) is 3.97. The molecule has 0 N–H and O–H groups in total. The molecule has 0 aliphatic carbocycles. The van der Waals surface area contributed by atoms with Gasteiger partial charge in [-0.25, -0.2) is 0 Å². The zero-order valence-electron chi connectivity index (χ0n) is 13.5. The molecule has 2 aromatic carbocycles. The smallest absolute Gasteiger partial charge is 0.246 e. The number of methoxy groups -OCH3 is 1. The van der Waals surface area contributed by atoms with Crippen molar-refractivity contribution >= 4 is 27.5 Å². The van der Waals surface area contributed by atoms with Gasteiger partial charge in [-0.3, -0.25) is 14.6 Å². The average molecular weight is 387 g/mol. The van der Waals surface area contributed by atoms with Crippen molar-refractivity contribution in [3.8, 4) is 5.75 Å². The highest BCUT2D eigenvalue weighted by atomic mass is 79.9. The van der Waals surface area contributed by atoms with Crippen molar-refractivity contribution < 1.29 is 9.53 Å². The quantitative estimate of drug-likeness (QED) is 0.799. The van der Waals surface area contributed by atoms with Crippen molar-refractivity contribution in [2.75, 3.05) is 18.6 Å². The minimum absolute atomic E-state index is 0.00940. The molecule has 4 rings (SSSR count). The van der Waals surface area contributed by atoms with Gasteiger partial charge in [-0.15, -0.1) is 0 Å². The van der Waals surface area contributed by atoms with Gasteiger partial charge in [-0.2, -0.15) is 0 Å². The van der Waals surface area contributed by atoms with E-state index in [-0.39, 0.29) is 18.1 Å². The van der Waals surface area contributed by atoms with Gasteiger partial charge in [0.2, 0.25) is 5.91 Å². The predicted molar refractivity (Wildman–Crippen MR) is 97.1 cm³/mol. The molecule has 2 aromatic rings. The highest BCUT2D eigenvalue weighted by Crippen LogP contribution is 2.43. The minimum Gasteiger partial charge on any atom is -0.497 e. The Labute approximate surface area is 150 Å². The van der Waals surface area contributed by atoms with Crippen molar-refractivity contribution in [2.24, 2.45) is 0 Å². The summed E-state index contributed by atoms with van der Waals surface area (Å²) >= 11 is 3.49. The number of ether oxygens (including phenoxy) is 1. The summed E-state index contributed by atoms with van der Waals surface area (Å²) in [6, 6.07) is 16.0. The fourth-order valence-electron chi connectivity index (χ4n) is 3.78. The van der Waals surface area contributed by atoms with E-state index >= 15 is 0 Å². The number of anilines is 1. The first-order chi connectivity index (χ1) is 11.7. The van der Waals surface area contributed by atoms with E-state index in [0.29, 0.717) is 0 Å². The first-order valence-electron chi connectivity index (χ1n) is 8.17. The monoisotopic (exact) mass is 386 g/mol. The zero-order valence-corrected chi connectivity index (χ0v) is 15.1. The SMILES string of the molecule is COc1cccc(N2C(=O)C3CCCN3C2c2ccc(Br)cc2)c1. The third-order valence-corrected chi connectivity index (χ3v) is 5.40. The normalized spacial score (nSPS) is 23.6. The summed E-state index contributed by atoms with van der Waals surface area (Å²) in [5, 5.41) is 0. The van der Waals surface area contributed by atoms with Crippen LogP contribution in [0.1, 0.15) is 24.6 Å². The van der Waals surface area contributed by atoms with E-state index in [1.165, 1.54) is 0 Å². The number of halogens is 1. The van der Waals surface area contributed by atoms with Crippen LogP contribution in [0.5, 0.6) is 5.75 Å². The van der Waals surface area contributed by atoms with Crippen LogP contribution in [0.15, 0.2) is 53.0 Å². The number of hydrogen-bond donors (Lipinski definition) is 0. The highest BCUT2D eigenvalue weighted by molar-refractivity contribution is 9.10. The molecule has 1 amide bonds. The van der Waals surface area contributed by atoms with E-state index in [4.69, 9.17) is 4.74 Å². The summed E-state index contributed by atoms with van der Waals surface area (Å²) in [5.74, 6) is 0.954. The Balaban J connectivity index is 1.79. The number of carbonyl (C=O) groups is 1. The Morgan fingerprint density at radius 1 is 1.17 bits per heavy atom. The number of carbonyl (C=O) groups excluding carboxylic acids is 1. The Bertz CT molecular complexity index is 762. The van der Waals surface area contributed by atoms with Crippen LogP contribution in [0.25, 0.3) is 0 Å². The molecular formula is C19H19BrN2O2. The zero-order chi connectivity index (χ0) is 16.7. The second-order valence-corrected chi connectivity index (χ2v) is 7.15. The number of fused-ring (bicyclic) bond motifs is 1. The van der Waals surface area contributed by atoms with E-state index in [9.17, 15) is 4.79 Å². The molecule has 2 atom stereocenters. The summed E-state index contributed by atoms with van der Waals surface area (Å²) < 4.78 is 6.39. The minimum atomic E-state index is -0.0507. The Morgan fingerprint density at radius 3 is 2.71 bits per heavy atom. The molecule has 0 radical (unpaired) electrons. The van der Waals surface area contributed by atoms with E-state index in [2.05, 4.69) is 33.0 Å². The van der Waals surface area contributed by atoms with Crippen molar-refractivity contribution in [3.63, 3.8) is 0 Å². The highest BCUT2D eigenvalue weighted by Gasteiger charge is 2.49. The van der Waals surface area contributed by atoms with Crippen molar-refractivity contribution in [1.29, 1.82) is 0 Å². The van der Waals surface area contributed by atoms with Gasteiger partial charge in [0.25, 0.3) is 0 Å². The molecular weight excluding hydrogens is 368 g/mol. The maximum absolute atomic E-state index is 13.1. The van der Waals surface area contributed by atoms with Crippen LogP contribution in [-0.2, 0) is 4.79 Å². The maximum Gasteiger partial charge on any atom is 0.246 e. The summed E-state index contributed by atoms with van der Waals surface area (Å²) in [4.78, 5) is 17.3. The lowest BCUT2D eigenvalue weighted by Crippen LogP contribution is -2.32. The van der Waals surface area contributed by atoms with Gasteiger partial charge in [0, 0.05) is 22.8 Å². The summed E-state index contributed by atoms with van der Waals surface area (Å²) in [6.45, 7) is 0.956. The Morgan fingerprint density at radius 2 is 1.96 bits per heavy atom. The Hall–Kier alpha value is -1.85. The average Bonchev–Trinajstić information content (AvgIpc) is 3.18. The van der Waals surface area contributed by atoms with Crippen molar-refractivity contribution in [2.45, 2.75) is 25.0 Å². The van der Waals surface area contributed by atoms with Crippen molar-refractivity contribution in [1.82, 2.24) is 4.90 Å². The second-order valence-electron chi connectivity index (χ2n) is 6.23. The van der Waals surface area contributed by atoms with Crippen LogP contribution < -0.4 is 9.64 Å². The van der Waals surface area contributed by atoms with Crippen LogP contribution in [-0.4, -0.2) is 30.5 Å². The lowest BCUT2D eigenvalue weighted by atomic mass is 10.1. The number of hydrogen-bond acceptors (Lipinski definition) is 3. The third-order valence-electron chi connectivity index (χ3n) is 4.88. The van der Waals surface area contributed by atoms with Gasteiger partial charge in [0.15, 0.2) is 0 Å². The number of rotatable bonds is 3. The summed E-state index contributed by atoms with van der Waals surface area (Å²) in [6.07, 6.45) is 1.96. The van der Waals surface area contributed by atoms with Gasteiger partial charge >= 0.3 is 0 Å². The maximum atomic E-state index is 13.1. The Kier molecular flexibility index (Phi) is 4.06. The first kappa shape index (κ1) is 15.7. The second kappa shape index (κ2) is 6.22. The molecule has 2 aliphatic heterocycles. The van der Waals surface area contributed by atoms with Gasteiger partial charge < -0.3 is 4.74 Å². The third kappa shape index (κ3) is 2.52. The molecule has 2 fully saturated rings. The molecule has 124 valence electrons. The van der Waals surface area contributed by atoms with Gasteiger partial charge in [-0.1, -0.05) is 34.1 Å². The van der Waals surface area contributed by atoms with Gasteiger partial charge in [0.1, 0.15) is 11.9 Å². The molecule has 24 heavy (non-hydrogen) atoms. The van der Waals surface area contributed by atoms with E-state index in [1.54, 1.807) is 7.11 Å². The largest absolute Gasteiger partial charge is 0.497 e. The number of benzene rings is 2. The first-order valence-corrected chi connectivity index (χ1v) is 8.96. The number of amides is 1. The fourth-order valence-corrected chi connectivity index (χ4v) is 4.04. The molecule has 0 spiro atoms. The molecule has 2 heterocycles. The van der Waals surface area contributed by atoms with E-state index in [0.717, 1.165) is 40.9 Å². The lowest BCUT2D eigenvalue weighted by molar-refractivity contribution is -0.119. The standard InChI is InChI=1S/C19H19BrN2O2/c1-24-16-5-2-4-15(12-16)22-18(13-7-9-14(20)10-8-13)21-11-3-6-17(21)19(22)23/h2,4-5,7-10,12,17-18H,3,6,11H2,1H3. The molecule has 0 bridgehead atoms. The molecule has 0 aromatic heterocycles. The fraction of sp³-hybridized carbons (Fsp3) is 0.316. The molecule has 5 heteroatoms. The number of nitrogens with zero attached hydrogens (tertiary/aromatic N) is 2. The van der Waals surface area contributed by atoms with E-state index in [1.807, 2.05) is 41.3 Å². The van der Waals surface area contributed by atoms with Crippen LogP contribution in [0.3, 0.4) is 0 Å². The molecule has 2 saturated heterocycles. The van der Waals surface area contributed by atoms with Crippen LogP contribution >= 0.6 is 15.9 Å². The van der Waals surface area contributed by atoms with Crippen molar-refractivity contribution in [3.05, 3.63) is 58.6 Å². The molecule has 4 nitrogen and oxygen atoms in total. The molecule has 0 saturated carbocycles. The van der Waals surface area contributed by atoms with Gasteiger partial charge in [0.05, 0.1) is 13.2 Å². The molecule has 2 unspecified atom stereocenters.